The monoisotopic (exact) mass is 652 g/mol. The Labute approximate surface area is 256 Å². The summed E-state index contributed by atoms with van der Waals surface area (Å²) in [5.74, 6) is -0.970. The van der Waals surface area contributed by atoms with Gasteiger partial charge in [-0.1, -0.05) is 5.10 Å². The topological polar surface area (TPSA) is 96.6 Å². The molecular formula is C29H26F6N6O3S. The summed E-state index contributed by atoms with van der Waals surface area (Å²) in [5.41, 5.74) is 0.459. The number of hydrogen-bond acceptors (Lipinski definition) is 8. The molecule has 0 aliphatic carbocycles. The number of anilines is 2. The SMILES string of the molecule is Cn1nnc(N(Cc2cc(C(F)(F)F)cc(C(F)(F)F)c2)[C@H]2CCCN(Cc3ccc(C(=O)O)s3)c3cc4c(cc32)COC4)n1. The molecule has 1 N–H and O–H groups in total. The van der Waals surface area contributed by atoms with E-state index in [1.165, 1.54) is 23.2 Å². The molecule has 0 bridgehead atoms. The first-order valence-corrected chi connectivity index (χ1v) is 14.7. The van der Waals surface area contributed by atoms with Crippen LogP contribution >= 0.6 is 11.3 Å². The van der Waals surface area contributed by atoms with E-state index in [9.17, 15) is 36.2 Å². The molecule has 0 saturated heterocycles. The molecule has 0 radical (unpaired) electrons. The standard InChI is InChI=1S/C29H26F6N6O3S/c1-39-37-27(36-38-39)41(12-16-7-19(28(30,31)32)11-20(8-16)29(33,34)35)23-3-2-6-40(13-21-4-5-25(45-21)26(42)43)24-10-18-15-44-14-17(18)9-22(23)24/h4-5,7-11,23H,2-3,6,12-15H2,1H3,(H,42,43)/t23-/m0/s1. The van der Waals surface area contributed by atoms with Crippen molar-refractivity contribution in [1.29, 1.82) is 0 Å². The predicted molar refractivity (Wildman–Crippen MR) is 151 cm³/mol. The van der Waals surface area contributed by atoms with E-state index in [4.69, 9.17) is 4.74 Å². The quantitative estimate of drug-likeness (QED) is 0.224. The second-order valence-electron chi connectivity index (χ2n) is 10.9. The molecule has 0 spiro atoms. The van der Waals surface area contributed by atoms with Crippen molar-refractivity contribution in [1.82, 2.24) is 20.2 Å². The van der Waals surface area contributed by atoms with Gasteiger partial charge in [-0.15, -0.1) is 16.4 Å². The minimum Gasteiger partial charge on any atom is -0.477 e. The summed E-state index contributed by atoms with van der Waals surface area (Å²) < 4.78 is 88.1. The number of halogens is 6. The van der Waals surface area contributed by atoms with Crippen LogP contribution < -0.4 is 9.80 Å². The maximum absolute atomic E-state index is 13.7. The number of alkyl halides is 6. The first-order valence-electron chi connectivity index (χ1n) is 13.9. The Hall–Kier alpha value is -4.18. The Balaban J connectivity index is 1.45. The fraction of sp³-hybridized carbons (Fsp3) is 0.379. The van der Waals surface area contributed by atoms with E-state index in [1.807, 2.05) is 12.1 Å². The smallest absolute Gasteiger partial charge is 0.416 e. The van der Waals surface area contributed by atoms with Crippen LogP contribution in [0.4, 0.5) is 38.0 Å². The van der Waals surface area contributed by atoms with Gasteiger partial charge < -0.3 is 19.6 Å². The number of thiophene rings is 1. The molecule has 2 aromatic heterocycles. The van der Waals surface area contributed by atoms with Gasteiger partial charge in [0.1, 0.15) is 4.88 Å². The zero-order chi connectivity index (χ0) is 32.1. The summed E-state index contributed by atoms with van der Waals surface area (Å²) >= 11 is 1.17. The zero-order valence-electron chi connectivity index (χ0n) is 23.7. The van der Waals surface area contributed by atoms with Gasteiger partial charge in [0.2, 0.25) is 0 Å². The first kappa shape index (κ1) is 30.8. The average molecular weight is 653 g/mol. The molecule has 1 atom stereocenters. The highest BCUT2D eigenvalue weighted by Crippen LogP contribution is 2.43. The van der Waals surface area contributed by atoms with Gasteiger partial charge in [0.05, 0.1) is 44.0 Å². The lowest BCUT2D eigenvalue weighted by atomic mass is 9.95. The number of tetrazole rings is 1. The molecule has 4 aromatic rings. The number of benzene rings is 2. The Morgan fingerprint density at radius 2 is 1.73 bits per heavy atom. The largest absolute Gasteiger partial charge is 0.477 e. The van der Waals surface area contributed by atoms with Gasteiger partial charge >= 0.3 is 18.3 Å². The van der Waals surface area contributed by atoms with Crippen LogP contribution in [-0.4, -0.2) is 37.8 Å². The van der Waals surface area contributed by atoms with E-state index in [0.717, 1.165) is 39.4 Å². The van der Waals surface area contributed by atoms with Gasteiger partial charge in [-0.3, -0.25) is 0 Å². The fourth-order valence-corrected chi connectivity index (χ4v) is 6.66. The highest BCUT2D eigenvalue weighted by atomic mass is 32.1. The number of aromatic nitrogens is 4. The highest BCUT2D eigenvalue weighted by molar-refractivity contribution is 7.13. The van der Waals surface area contributed by atoms with E-state index in [2.05, 4.69) is 20.3 Å². The number of ether oxygens (including phenoxy) is 1. The second-order valence-corrected chi connectivity index (χ2v) is 12.1. The number of hydrogen-bond donors (Lipinski definition) is 1. The van der Waals surface area contributed by atoms with E-state index in [0.29, 0.717) is 39.1 Å². The van der Waals surface area contributed by atoms with Crippen molar-refractivity contribution in [2.24, 2.45) is 7.05 Å². The van der Waals surface area contributed by atoms with Gasteiger partial charge in [0.25, 0.3) is 5.95 Å². The number of carboxylic acids is 1. The van der Waals surface area contributed by atoms with Crippen LogP contribution in [0.15, 0.2) is 42.5 Å². The minimum absolute atomic E-state index is 0.0500. The Bertz CT molecular complexity index is 1700. The van der Waals surface area contributed by atoms with Crippen LogP contribution in [0.2, 0.25) is 0 Å². The lowest BCUT2D eigenvalue weighted by Gasteiger charge is -2.33. The van der Waals surface area contributed by atoms with Crippen LogP contribution in [-0.2, 0) is 50.4 Å². The van der Waals surface area contributed by atoms with Crippen LogP contribution in [0.3, 0.4) is 0 Å². The molecular weight excluding hydrogens is 626 g/mol. The van der Waals surface area contributed by atoms with E-state index < -0.39 is 35.5 Å². The third-order valence-corrected chi connectivity index (χ3v) is 8.88. The third kappa shape index (κ3) is 6.47. The molecule has 6 rings (SSSR count). The van der Waals surface area contributed by atoms with Crippen LogP contribution in [0, 0.1) is 0 Å². The normalized spacial score (nSPS) is 16.8. The van der Waals surface area contributed by atoms with Crippen molar-refractivity contribution in [3.05, 3.63) is 85.6 Å². The third-order valence-electron chi connectivity index (χ3n) is 7.82. The van der Waals surface area contributed by atoms with Gasteiger partial charge in [-0.2, -0.15) is 31.1 Å². The molecule has 45 heavy (non-hydrogen) atoms. The fourth-order valence-electron chi connectivity index (χ4n) is 5.80. The first-order chi connectivity index (χ1) is 21.3. The molecule has 16 heteroatoms. The summed E-state index contributed by atoms with van der Waals surface area (Å²) in [6.45, 7) is 1.36. The molecule has 9 nitrogen and oxygen atoms in total. The van der Waals surface area contributed by atoms with E-state index >= 15 is 0 Å². The molecule has 2 aliphatic rings. The summed E-state index contributed by atoms with van der Waals surface area (Å²) in [4.78, 5) is 17.4. The molecule has 0 amide bonds. The maximum atomic E-state index is 13.7. The second kappa shape index (κ2) is 11.6. The van der Waals surface area contributed by atoms with Gasteiger partial charge in [0.15, 0.2) is 0 Å². The van der Waals surface area contributed by atoms with Gasteiger partial charge in [0, 0.05) is 23.7 Å². The molecule has 0 unspecified atom stereocenters. The van der Waals surface area contributed by atoms with Crippen molar-refractivity contribution < 1.29 is 41.0 Å². The molecule has 0 saturated carbocycles. The summed E-state index contributed by atoms with van der Waals surface area (Å²) in [7, 11) is 1.51. The zero-order valence-corrected chi connectivity index (χ0v) is 24.5. The Morgan fingerprint density at radius 3 is 2.33 bits per heavy atom. The van der Waals surface area contributed by atoms with Crippen molar-refractivity contribution in [2.45, 2.75) is 57.5 Å². The Morgan fingerprint density at radius 1 is 1.04 bits per heavy atom. The van der Waals surface area contributed by atoms with Crippen LogP contribution in [0.25, 0.3) is 0 Å². The lowest BCUT2D eigenvalue weighted by Crippen LogP contribution is -2.30. The lowest BCUT2D eigenvalue weighted by molar-refractivity contribution is -0.143. The Kier molecular flexibility index (Phi) is 7.97. The number of carboxylic acid groups (broad SMARTS) is 1. The molecule has 2 aliphatic heterocycles. The van der Waals surface area contributed by atoms with Crippen molar-refractivity contribution in [3.8, 4) is 0 Å². The van der Waals surface area contributed by atoms with E-state index in [1.54, 1.807) is 17.0 Å². The summed E-state index contributed by atoms with van der Waals surface area (Å²) in [6, 6.07) is 8.26. The van der Waals surface area contributed by atoms with Crippen molar-refractivity contribution in [2.75, 3.05) is 16.3 Å². The summed E-state index contributed by atoms with van der Waals surface area (Å²) in [5, 5.41) is 21.7. The van der Waals surface area contributed by atoms with E-state index in [-0.39, 0.29) is 29.0 Å². The number of aromatic carboxylic acids is 1. The highest BCUT2D eigenvalue weighted by Gasteiger charge is 2.38. The number of aryl methyl sites for hydroxylation is 1. The van der Waals surface area contributed by atoms with Gasteiger partial charge in [-0.05, 0) is 82.8 Å². The molecule has 238 valence electrons. The number of rotatable bonds is 7. The minimum atomic E-state index is -5.00. The number of nitrogens with zero attached hydrogens (tertiary/aromatic N) is 6. The number of carbonyl (C=O) groups is 1. The predicted octanol–water partition coefficient (Wildman–Crippen LogP) is 6.59. The maximum Gasteiger partial charge on any atom is 0.416 e. The van der Waals surface area contributed by atoms with Crippen molar-refractivity contribution in [3.63, 3.8) is 0 Å². The van der Waals surface area contributed by atoms with Crippen molar-refractivity contribution >= 4 is 28.9 Å². The average Bonchev–Trinajstić information content (AvgIpc) is 3.71. The van der Waals surface area contributed by atoms with Crippen LogP contribution in [0.1, 0.15) is 66.8 Å². The van der Waals surface area contributed by atoms with Gasteiger partial charge in [-0.25, -0.2) is 4.79 Å². The molecule has 2 aromatic carbocycles. The number of fused-ring (bicyclic) bond motifs is 2. The van der Waals surface area contributed by atoms with Crippen LogP contribution in [0.5, 0.6) is 0 Å². The molecule has 0 fully saturated rings. The summed E-state index contributed by atoms with van der Waals surface area (Å²) in [6.07, 6.45) is -8.92. The molecule has 4 heterocycles.